The summed E-state index contributed by atoms with van der Waals surface area (Å²) in [5.41, 5.74) is 0.866. The second-order valence-corrected chi connectivity index (χ2v) is 7.89. The van der Waals surface area contributed by atoms with Crippen molar-refractivity contribution < 1.29 is 12.9 Å². The highest BCUT2D eigenvalue weighted by atomic mass is 32.2. The van der Waals surface area contributed by atoms with Crippen molar-refractivity contribution in [3.05, 3.63) is 48.8 Å². The molecule has 23 heavy (non-hydrogen) atoms. The van der Waals surface area contributed by atoms with E-state index >= 15 is 0 Å². The molecule has 7 heteroatoms. The van der Waals surface area contributed by atoms with Crippen LogP contribution in [0.5, 0.6) is 0 Å². The van der Waals surface area contributed by atoms with E-state index in [1.54, 1.807) is 6.08 Å². The number of nitrogens with zero attached hydrogens (tertiary/aromatic N) is 3. The molecule has 1 fully saturated rings. The second-order valence-electron chi connectivity index (χ2n) is 5.66. The number of hydrogen-bond acceptors (Lipinski definition) is 6. The van der Waals surface area contributed by atoms with Crippen LogP contribution < -0.4 is 0 Å². The third kappa shape index (κ3) is 3.86. The van der Waals surface area contributed by atoms with Gasteiger partial charge in [0.2, 0.25) is 0 Å². The lowest BCUT2D eigenvalue weighted by Gasteiger charge is -2.24. The molecule has 0 amide bonds. The average Bonchev–Trinajstić information content (AvgIpc) is 3.14. The molecule has 2 heterocycles. The molecule has 0 bridgehead atoms. The molecule has 3 rings (SSSR count). The first-order chi connectivity index (χ1) is 11.1. The minimum Gasteiger partial charge on any atom is -0.334 e. The van der Waals surface area contributed by atoms with Gasteiger partial charge in [0.15, 0.2) is 15.7 Å². The van der Waals surface area contributed by atoms with Gasteiger partial charge < -0.3 is 4.52 Å². The smallest absolute Gasteiger partial charge is 0.257 e. The average molecular weight is 333 g/mol. The van der Waals surface area contributed by atoms with Crippen LogP contribution in [0, 0.1) is 0 Å². The Labute approximate surface area is 135 Å². The molecule has 0 saturated carbocycles. The number of hydrogen-bond donors (Lipinski definition) is 0. The normalized spacial score (nSPS) is 20.0. The van der Waals surface area contributed by atoms with Crippen LogP contribution in [0.2, 0.25) is 0 Å². The highest BCUT2D eigenvalue weighted by Gasteiger charge is 2.32. The molecule has 1 aliphatic heterocycles. The molecule has 1 aromatic heterocycles. The summed E-state index contributed by atoms with van der Waals surface area (Å²) in [6.07, 6.45) is 2.41. The van der Waals surface area contributed by atoms with Crippen LogP contribution >= 0.6 is 0 Å². The molecule has 122 valence electrons. The fourth-order valence-electron chi connectivity index (χ4n) is 2.77. The topological polar surface area (TPSA) is 76.3 Å². The molecule has 6 nitrogen and oxygen atoms in total. The molecule has 2 aromatic rings. The third-order valence-electron chi connectivity index (χ3n) is 3.92. The number of aromatic nitrogens is 2. The van der Waals surface area contributed by atoms with E-state index in [1.807, 2.05) is 35.2 Å². The van der Waals surface area contributed by atoms with E-state index in [9.17, 15) is 8.42 Å². The quantitative estimate of drug-likeness (QED) is 0.752. The first-order valence-electron chi connectivity index (χ1n) is 7.51. The van der Waals surface area contributed by atoms with Crippen LogP contribution in [0.1, 0.15) is 12.2 Å². The van der Waals surface area contributed by atoms with E-state index in [0.717, 1.165) is 5.56 Å². The van der Waals surface area contributed by atoms with Crippen LogP contribution in [0.3, 0.4) is 0 Å². The Morgan fingerprint density at radius 3 is 2.78 bits per heavy atom. The summed E-state index contributed by atoms with van der Waals surface area (Å²) in [4.78, 5) is 6.45. The van der Waals surface area contributed by atoms with Crippen molar-refractivity contribution in [3.63, 3.8) is 0 Å². The fourth-order valence-corrected chi connectivity index (χ4v) is 4.53. The van der Waals surface area contributed by atoms with Gasteiger partial charge in [0.1, 0.15) is 0 Å². The second kappa shape index (κ2) is 6.64. The van der Waals surface area contributed by atoms with Crippen molar-refractivity contribution in [3.8, 4) is 11.5 Å². The Kier molecular flexibility index (Phi) is 4.58. The van der Waals surface area contributed by atoms with E-state index < -0.39 is 9.84 Å². The Morgan fingerprint density at radius 1 is 1.35 bits per heavy atom. The van der Waals surface area contributed by atoms with Crippen LogP contribution in [0.15, 0.2) is 47.5 Å². The van der Waals surface area contributed by atoms with Crippen molar-refractivity contribution in [2.75, 3.05) is 18.1 Å². The van der Waals surface area contributed by atoms with E-state index in [-0.39, 0.29) is 17.5 Å². The van der Waals surface area contributed by atoms with Crippen LogP contribution in [0.25, 0.3) is 11.5 Å². The summed E-state index contributed by atoms with van der Waals surface area (Å²) in [5.74, 6) is 1.45. The highest BCUT2D eigenvalue weighted by molar-refractivity contribution is 7.91. The monoisotopic (exact) mass is 333 g/mol. The molecule has 1 aromatic carbocycles. The summed E-state index contributed by atoms with van der Waals surface area (Å²) in [5, 5.41) is 4.01. The minimum atomic E-state index is -2.93. The molecule has 0 aliphatic carbocycles. The van der Waals surface area contributed by atoms with Gasteiger partial charge in [-0.05, 0) is 18.6 Å². The van der Waals surface area contributed by atoms with Gasteiger partial charge in [-0.15, -0.1) is 6.58 Å². The van der Waals surface area contributed by atoms with Crippen LogP contribution in [0.4, 0.5) is 0 Å². The maximum Gasteiger partial charge on any atom is 0.257 e. The van der Waals surface area contributed by atoms with Gasteiger partial charge in [-0.25, -0.2) is 8.42 Å². The summed E-state index contributed by atoms with van der Waals surface area (Å²) in [7, 11) is -2.93. The standard InChI is InChI=1S/C16H19N3O3S/c1-2-9-19(14-8-10-23(20,21)12-14)11-15-17-16(22-18-15)13-6-4-3-5-7-13/h2-7,14H,1,8-12H2. The first kappa shape index (κ1) is 15.9. The Balaban J connectivity index is 1.74. The third-order valence-corrected chi connectivity index (χ3v) is 5.67. The van der Waals surface area contributed by atoms with E-state index in [2.05, 4.69) is 16.7 Å². The maximum atomic E-state index is 11.7. The van der Waals surface area contributed by atoms with Gasteiger partial charge in [-0.3, -0.25) is 4.90 Å². The SMILES string of the molecule is C=CCN(Cc1noc(-c2ccccc2)n1)C1CCS(=O)(=O)C1. The van der Waals surface area contributed by atoms with Crippen molar-refractivity contribution in [2.24, 2.45) is 0 Å². The van der Waals surface area contributed by atoms with Crippen molar-refractivity contribution >= 4 is 9.84 Å². The summed E-state index contributed by atoms with van der Waals surface area (Å²) >= 11 is 0. The van der Waals surface area contributed by atoms with Gasteiger partial charge in [0, 0.05) is 18.2 Å². The van der Waals surface area contributed by atoms with Crippen molar-refractivity contribution in [1.82, 2.24) is 15.0 Å². The van der Waals surface area contributed by atoms with Crippen LogP contribution in [-0.4, -0.2) is 47.6 Å². The molecule has 1 saturated heterocycles. The van der Waals surface area contributed by atoms with Gasteiger partial charge in [0.05, 0.1) is 18.1 Å². The number of rotatable bonds is 6. The predicted molar refractivity (Wildman–Crippen MR) is 87.4 cm³/mol. The molecule has 0 spiro atoms. The summed E-state index contributed by atoms with van der Waals surface area (Å²) in [6.45, 7) is 4.79. The number of benzene rings is 1. The molecular weight excluding hydrogens is 314 g/mol. The highest BCUT2D eigenvalue weighted by Crippen LogP contribution is 2.21. The zero-order valence-corrected chi connectivity index (χ0v) is 13.6. The molecule has 1 unspecified atom stereocenters. The lowest BCUT2D eigenvalue weighted by atomic mass is 10.2. The Bertz CT molecular complexity index is 771. The van der Waals surface area contributed by atoms with Gasteiger partial charge >= 0.3 is 0 Å². The summed E-state index contributed by atoms with van der Waals surface area (Å²) < 4.78 is 28.7. The van der Waals surface area contributed by atoms with Gasteiger partial charge in [0.25, 0.3) is 5.89 Å². The van der Waals surface area contributed by atoms with Crippen molar-refractivity contribution in [1.29, 1.82) is 0 Å². The van der Waals surface area contributed by atoms with Crippen molar-refractivity contribution in [2.45, 2.75) is 19.0 Å². The molecule has 0 N–H and O–H groups in total. The summed E-state index contributed by atoms with van der Waals surface area (Å²) in [6, 6.07) is 9.54. The van der Waals surface area contributed by atoms with E-state index in [1.165, 1.54) is 0 Å². The fraction of sp³-hybridized carbons (Fsp3) is 0.375. The lowest BCUT2D eigenvalue weighted by molar-refractivity contribution is 0.218. The lowest BCUT2D eigenvalue weighted by Crippen LogP contribution is -2.36. The Hall–Kier alpha value is -1.99. The van der Waals surface area contributed by atoms with Gasteiger partial charge in [-0.2, -0.15) is 4.98 Å². The van der Waals surface area contributed by atoms with E-state index in [0.29, 0.717) is 31.2 Å². The van der Waals surface area contributed by atoms with Gasteiger partial charge in [-0.1, -0.05) is 29.4 Å². The minimum absolute atomic E-state index is 0.0170. The Morgan fingerprint density at radius 2 is 2.13 bits per heavy atom. The molecule has 1 atom stereocenters. The zero-order chi connectivity index (χ0) is 16.3. The largest absolute Gasteiger partial charge is 0.334 e. The molecule has 1 aliphatic rings. The maximum absolute atomic E-state index is 11.7. The molecule has 0 radical (unpaired) electrons. The zero-order valence-electron chi connectivity index (χ0n) is 12.8. The van der Waals surface area contributed by atoms with E-state index in [4.69, 9.17) is 4.52 Å². The van der Waals surface area contributed by atoms with Crippen LogP contribution in [-0.2, 0) is 16.4 Å². The first-order valence-corrected chi connectivity index (χ1v) is 9.33. The number of sulfone groups is 1. The molecular formula is C16H19N3O3S. The predicted octanol–water partition coefficient (Wildman–Crippen LogP) is 1.91.